The molecule has 0 atom stereocenters. The number of anilines is 3. The summed E-state index contributed by atoms with van der Waals surface area (Å²) in [4.78, 5) is 33.7. The van der Waals surface area contributed by atoms with Gasteiger partial charge in [-0.05, 0) is 42.5 Å². The van der Waals surface area contributed by atoms with E-state index in [1.807, 2.05) is 0 Å². The predicted molar refractivity (Wildman–Crippen MR) is 86.8 cm³/mol. The Bertz CT molecular complexity index is 741. The normalized spacial score (nSPS) is 9.78. The first-order valence-electron chi connectivity index (χ1n) is 6.73. The van der Waals surface area contributed by atoms with Crippen LogP contribution in [0.25, 0.3) is 0 Å². The number of hydrogen-bond acceptors (Lipinski definition) is 3. The number of carbonyl (C=O) groups is 3. The van der Waals surface area contributed by atoms with Gasteiger partial charge in [0.2, 0.25) is 5.91 Å². The largest absolute Gasteiger partial charge is 0.465 e. The molecule has 0 aliphatic carbocycles. The Labute approximate surface area is 132 Å². The highest BCUT2D eigenvalue weighted by molar-refractivity contribution is 6.05. The van der Waals surface area contributed by atoms with Gasteiger partial charge in [-0.25, -0.2) is 4.79 Å². The summed E-state index contributed by atoms with van der Waals surface area (Å²) < 4.78 is 0. The fourth-order valence-corrected chi connectivity index (χ4v) is 1.91. The number of nitrogens with one attached hydrogen (secondary N) is 3. The molecule has 7 heteroatoms. The molecule has 23 heavy (non-hydrogen) atoms. The molecule has 0 radical (unpaired) electrons. The van der Waals surface area contributed by atoms with E-state index in [9.17, 15) is 14.4 Å². The molecule has 0 aliphatic heterocycles. The quantitative estimate of drug-likeness (QED) is 0.696. The van der Waals surface area contributed by atoms with E-state index >= 15 is 0 Å². The molecule has 0 aromatic heterocycles. The van der Waals surface area contributed by atoms with Crippen LogP contribution in [0.5, 0.6) is 0 Å². The first-order valence-corrected chi connectivity index (χ1v) is 6.73. The average molecular weight is 313 g/mol. The van der Waals surface area contributed by atoms with Crippen molar-refractivity contribution in [1.29, 1.82) is 0 Å². The molecule has 0 spiro atoms. The molecule has 0 heterocycles. The lowest BCUT2D eigenvalue weighted by molar-refractivity contribution is -0.114. The van der Waals surface area contributed by atoms with Crippen molar-refractivity contribution < 1.29 is 19.5 Å². The van der Waals surface area contributed by atoms with E-state index in [4.69, 9.17) is 5.11 Å². The summed E-state index contributed by atoms with van der Waals surface area (Å²) in [5.74, 6) is -0.555. The minimum absolute atomic E-state index is 0.218. The van der Waals surface area contributed by atoms with Crippen LogP contribution in [-0.4, -0.2) is 23.0 Å². The molecule has 4 N–H and O–H groups in total. The van der Waals surface area contributed by atoms with Crippen LogP contribution < -0.4 is 16.0 Å². The fraction of sp³-hybridized carbons (Fsp3) is 0.0625. The Balaban J connectivity index is 2.06. The van der Waals surface area contributed by atoms with Crippen molar-refractivity contribution in [2.75, 3.05) is 16.0 Å². The molecule has 0 saturated heterocycles. The van der Waals surface area contributed by atoms with E-state index in [2.05, 4.69) is 16.0 Å². The molecule has 0 bridgehead atoms. The molecular formula is C16H15N3O4. The Morgan fingerprint density at radius 3 is 2.00 bits per heavy atom. The highest BCUT2D eigenvalue weighted by Gasteiger charge is 2.07. The summed E-state index contributed by atoms with van der Waals surface area (Å²) in [6, 6.07) is 12.8. The first-order chi connectivity index (χ1) is 10.9. The maximum atomic E-state index is 12.2. The first kappa shape index (κ1) is 16.0. The van der Waals surface area contributed by atoms with Crippen molar-refractivity contribution in [2.24, 2.45) is 0 Å². The summed E-state index contributed by atoms with van der Waals surface area (Å²) in [6.07, 6.45) is -1.16. The summed E-state index contributed by atoms with van der Waals surface area (Å²) >= 11 is 0. The standard InChI is InChI=1S/C16H15N3O4/c1-10(20)17-14-4-2-3-11(9-14)15(21)18-12-5-7-13(8-6-12)19-16(22)23/h2-9,19H,1H3,(H,17,20)(H,18,21)(H,22,23). The van der Waals surface area contributed by atoms with Gasteiger partial charge in [-0.3, -0.25) is 14.9 Å². The lowest BCUT2D eigenvalue weighted by atomic mass is 10.1. The molecule has 2 rings (SSSR count). The molecule has 0 fully saturated rings. The summed E-state index contributed by atoms with van der Waals surface area (Å²) in [7, 11) is 0. The van der Waals surface area contributed by atoms with Gasteiger partial charge in [0.1, 0.15) is 0 Å². The molecular weight excluding hydrogens is 298 g/mol. The molecule has 7 nitrogen and oxygen atoms in total. The van der Waals surface area contributed by atoms with Crippen LogP contribution in [0.3, 0.4) is 0 Å². The van der Waals surface area contributed by atoms with Crippen LogP contribution >= 0.6 is 0 Å². The van der Waals surface area contributed by atoms with Crippen molar-refractivity contribution in [3.05, 3.63) is 54.1 Å². The van der Waals surface area contributed by atoms with Crippen molar-refractivity contribution in [1.82, 2.24) is 0 Å². The van der Waals surface area contributed by atoms with Crippen LogP contribution in [0.1, 0.15) is 17.3 Å². The van der Waals surface area contributed by atoms with Crippen molar-refractivity contribution in [3.63, 3.8) is 0 Å². The fourth-order valence-electron chi connectivity index (χ4n) is 1.91. The van der Waals surface area contributed by atoms with E-state index in [-0.39, 0.29) is 11.8 Å². The third-order valence-corrected chi connectivity index (χ3v) is 2.84. The minimum atomic E-state index is -1.16. The van der Waals surface area contributed by atoms with E-state index in [0.29, 0.717) is 22.6 Å². The minimum Gasteiger partial charge on any atom is -0.465 e. The van der Waals surface area contributed by atoms with Gasteiger partial charge in [0, 0.05) is 29.5 Å². The second-order valence-corrected chi connectivity index (χ2v) is 4.72. The Kier molecular flexibility index (Phi) is 4.93. The second kappa shape index (κ2) is 7.08. The van der Waals surface area contributed by atoms with Crippen LogP contribution in [0.2, 0.25) is 0 Å². The molecule has 0 saturated carbocycles. The monoisotopic (exact) mass is 313 g/mol. The Morgan fingerprint density at radius 2 is 1.43 bits per heavy atom. The molecule has 2 aromatic carbocycles. The van der Waals surface area contributed by atoms with Crippen molar-refractivity contribution in [3.8, 4) is 0 Å². The predicted octanol–water partition coefficient (Wildman–Crippen LogP) is 2.99. The zero-order valence-electron chi connectivity index (χ0n) is 12.3. The maximum absolute atomic E-state index is 12.2. The van der Waals surface area contributed by atoms with E-state index in [1.165, 1.54) is 19.1 Å². The number of benzene rings is 2. The summed E-state index contributed by atoms with van der Waals surface area (Å²) in [5, 5.41) is 16.1. The van der Waals surface area contributed by atoms with Crippen LogP contribution in [0.15, 0.2) is 48.5 Å². The molecule has 2 aromatic rings. The van der Waals surface area contributed by atoms with E-state index in [0.717, 1.165) is 0 Å². The van der Waals surface area contributed by atoms with Gasteiger partial charge in [0.15, 0.2) is 0 Å². The van der Waals surface area contributed by atoms with Gasteiger partial charge in [-0.2, -0.15) is 0 Å². The highest BCUT2D eigenvalue weighted by Crippen LogP contribution is 2.16. The van der Waals surface area contributed by atoms with Gasteiger partial charge in [0.25, 0.3) is 5.91 Å². The summed E-state index contributed by atoms with van der Waals surface area (Å²) in [5.41, 5.74) is 1.86. The van der Waals surface area contributed by atoms with Crippen molar-refractivity contribution in [2.45, 2.75) is 6.92 Å². The van der Waals surface area contributed by atoms with Gasteiger partial charge < -0.3 is 15.7 Å². The van der Waals surface area contributed by atoms with Gasteiger partial charge in [-0.15, -0.1) is 0 Å². The maximum Gasteiger partial charge on any atom is 0.409 e. The smallest absolute Gasteiger partial charge is 0.409 e. The summed E-state index contributed by atoms with van der Waals surface area (Å²) in [6.45, 7) is 1.39. The SMILES string of the molecule is CC(=O)Nc1cccc(C(=O)Nc2ccc(NC(=O)O)cc2)c1. The zero-order chi connectivity index (χ0) is 16.8. The van der Waals surface area contributed by atoms with Crippen LogP contribution in [0.4, 0.5) is 21.9 Å². The van der Waals surface area contributed by atoms with Gasteiger partial charge in [-0.1, -0.05) is 6.07 Å². The molecule has 0 aliphatic rings. The third-order valence-electron chi connectivity index (χ3n) is 2.84. The lowest BCUT2D eigenvalue weighted by Gasteiger charge is -2.08. The number of rotatable bonds is 4. The number of amides is 3. The van der Waals surface area contributed by atoms with Gasteiger partial charge >= 0.3 is 6.09 Å². The number of hydrogen-bond donors (Lipinski definition) is 4. The highest BCUT2D eigenvalue weighted by atomic mass is 16.4. The number of carboxylic acid groups (broad SMARTS) is 1. The second-order valence-electron chi connectivity index (χ2n) is 4.72. The van der Waals surface area contributed by atoms with E-state index in [1.54, 1.807) is 36.4 Å². The average Bonchev–Trinajstić information content (AvgIpc) is 2.48. The van der Waals surface area contributed by atoms with Crippen LogP contribution in [-0.2, 0) is 4.79 Å². The van der Waals surface area contributed by atoms with Crippen molar-refractivity contribution >= 4 is 35.0 Å². The number of carbonyl (C=O) groups excluding carboxylic acids is 2. The Hall–Kier alpha value is -3.35. The third kappa shape index (κ3) is 4.85. The topological polar surface area (TPSA) is 108 Å². The molecule has 0 unspecified atom stereocenters. The molecule has 3 amide bonds. The Morgan fingerprint density at radius 1 is 0.826 bits per heavy atom. The lowest BCUT2D eigenvalue weighted by Crippen LogP contribution is -2.13. The van der Waals surface area contributed by atoms with Crippen LogP contribution in [0, 0.1) is 0 Å². The van der Waals surface area contributed by atoms with E-state index < -0.39 is 6.09 Å². The zero-order valence-corrected chi connectivity index (χ0v) is 12.3. The molecule has 118 valence electrons. The van der Waals surface area contributed by atoms with Gasteiger partial charge in [0.05, 0.1) is 0 Å².